The second-order valence-corrected chi connectivity index (χ2v) is 9.36. The fourth-order valence-corrected chi connectivity index (χ4v) is 6.38. The van der Waals surface area contributed by atoms with Crippen molar-refractivity contribution < 1.29 is 36.0 Å². The van der Waals surface area contributed by atoms with E-state index >= 15 is 0 Å². The molecule has 2 aromatic carbocycles. The van der Waals surface area contributed by atoms with Gasteiger partial charge in [-0.05, 0) is 18.6 Å². The van der Waals surface area contributed by atoms with Crippen molar-refractivity contribution in [1.29, 1.82) is 0 Å². The van der Waals surface area contributed by atoms with Crippen LogP contribution in [-0.2, 0) is 20.9 Å². The Hall–Kier alpha value is -1.34. The lowest BCUT2D eigenvalue weighted by molar-refractivity contribution is -1.11. The summed E-state index contributed by atoms with van der Waals surface area (Å²) >= 11 is 1.83. The highest BCUT2D eigenvalue weighted by molar-refractivity contribution is 8.00. The fraction of sp³-hybridized carbons (Fsp3) is 0.435. The number of nitrogens with zero attached hydrogens (tertiary/aromatic N) is 1. The molecule has 5 rings (SSSR count). The van der Waals surface area contributed by atoms with Crippen molar-refractivity contribution in [2.45, 2.75) is 48.1 Å². The molecule has 0 aliphatic carbocycles. The minimum Gasteiger partial charge on any atom is -1.00 e. The van der Waals surface area contributed by atoms with Crippen LogP contribution in [0.25, 0.3) is 0 Å². The number of thioether (sulfide) groups is 1. The molecule has 0 bridgehead atoms. The van der Waals surface area contributed by atoms with Gasteiger partial charge < -0.3 is 21.7 Å². The molecule has 5 atom stereocenters. The molecule has 0 spiro atoms. The van der Waals surface area contributed by atoms with Crippen molar-refractivity contribution in [2.24, 2.45) is 5.92 Å². The lowest BCUT2D eigenvalue weighted by Gasteiger charge is -2.32. The Morgan fingerprint density at radius 1 is 1.00 bits per heavy atom. The Morgan fingerprint density at radius 2 is 1.72 bits per heavy atom. The number of carbonyl (C=O) groups excluding carboxylic acids is 1. The number of carbonyl (C=O) groups is 1. The average Bonchev–Trinajstić information content (AvgIpc) is 3.20. The monoisotopic (exact) mass is 475 g/mol. The van der Waals surface area contributed by atoms with Crippen LogP contribution in [-0.4, -0.2) is 41.2 Å². The van der Waals surface area contributed by atoms with Gasteiger partial charge in [-0.3, -0.25) is 4.79 Å². The molecular weight excluding hydrogens is 450 g/mol. The zero-order valence-electron chi connectivity index (χ0n) is 16.3. The second-order valence-electron chi connectivity index (χ2n) is 8.05. The molecule has 0 saturated carbocycles. The van der Waals surface area contributed by atoms with Crippen molar-refractivity contribution in [3.63, 3.8) is 0 Å². The van der Waals surface area contributed by atoms with Gasteiger partial charge in [0.1, 0.15) is 31.2 Å². The molecule has 6 heteroatoms. The maximum atomic E-state index is 12.9. The van der Waals surface area contributed by atoms with Gasteiger partial charge in [0.2, 0.25) is 0 Å². The minimum atomic E-state index is -0.157. The number of benzene rings is 2. The number of hydrogen-bond acceptors (Lipinski definition) is 4. The van der Waals surface area contributed by atoms with Gasteiger partial charge in [-0.2, -0.15) is 9.48 Å². The number of ether oxygens (including phenoxy) is 1. The van der Waals surface area contributed by atoms with Crippen molar-refractivity contribution >= 4 is 17.7 Å². The number of quaternary nitrogens is 1. The van der Waals surface area contributed by atoms with E-state index < -0.39 is 0 Å². The summed E-state index contributed by atoms with van der Waals surface area (Å²) in [6, 6.07) is 21.2. The summed E-state index contributed by atoms with van der Waals surface area (Å²) in [6.07, 6.45) is 2.88. The second kappa shape index (κ2) is 8.80. The van der Waals surface area contributed by atoms with Crippen molar-refractivity contribution in [3.8, 4) is 0 Å². The van der Waals surface area contributed by atoms with E-state index in [9.17, 15) is 4.79 Å². The SMILES string of the molecule is O=C1OCC[C@H](Sc2ccccc2)[C@H]2O[N+]3(Cc4ccccc4)CCC[C@@H]3[C@@H]12.[Br-]. The maximum absolute atomic E-state index is 12.9. The fourth-order valence-electron chi connectivity index (χ4n) is 5.15. The number of hydrogen-bond donors (Lipinski definition) is 0. The van der Waals surface area contributed by atoms with Gasteiger partial charge in [0.15, 0.2) is 0 Å². The molecule has 0 amide bonds. The van der Waals surface area contributed by atoms with E-state index in [-0.39, 0.29) is 46.3 Å². The zero-order valence-corrected chi connectivity index (χ0v) is 18.7. The molecule has 3 saturated heterocycles. The highest BCUT2D eigenvalue weighted by atomic mass is 79.9. The van der Waals surface area contributed by atoms with E-state index in [0.717, 1.165) is 32.4 Å². The van der Waals surface area contributed by atoms with Gasteiger partial charge in [0.25, 0.3) is 0 Å². The summed E-state index contributed by atoms with van der Waals surface area (Å²) < 4.78 is 6.23. The van der Waals surface area contributed by atoms with E-state index in [4.69, 9.17) is 9.57 Å². The molecule has 0 N–H and O–H groups in total. The summed E-state index contributed by atoms with van der Waals surface area (Å²) in [4.78, 5) is 21.0. The highest BCUT2D eigenvalue weighted by Crippen LogP contribution is 2.49. The van der Waals surface area contributed by atoms with Crippen LogP contribution >= 0.6 is 11.8 Å². The normalized spacial score (nSPS) is 33.2. The minimum absolute atomic E-state index is 0. The first-order valence-electron chi connectivity index (χ1n) is 10.2. The molecule has 3 heterocycles. The van der Waals surface area contributed by atoms with Crippen molar-refractivity contribution in [2.75, 3.05) is 13.2 Å². The molecule has 4 nitrogen and oxygen atoms in total. The van der Waals surface area contributed by atoms with Gasteiger partial charge in [-0.1, -0.05) is 48.5 Å². The lowest BCUT2D eigenvalue weighted by Crippen LogP contribution is -3.00. The first kappa shape index (κ1) is 20.9. The molecule has 3 aliphatic heterocycles. The summed E-state index contributed by atoms with van der Waals surface area (Å²) in [5.41, 5.74) is 1.27. The molecular formula is C23H26BrNO3S. The van der Waals surface area contributed by atoms with Crippen LogP contribution in [0.5, 0.6) is 0 Å². The van der Waals surface area contributed by atoms with Crippen LogP contribution in [0.15, 0.2) is 65.6 Å². The summed E-state index contributed by atoms with van der Waals surface area (Å²) in [5.74, 6) is -0.212. The van der Waals surface area contributed by atoms with E-state index in [1.165, 1.54) is 10.5 Å². The predicted molar refractivity (Wildman–Crippen MR) is 108 cm³/mol. The molecule has 3 fully saturated rings. The number of cyclic esters (lactones) is 1. The van der Waals surface area contributed by atoms with E-state index in [0.29, 0.717) is 11.3 Å². The Bertz CT molecular complexity index is 837. The lowest BCUT2D eigenvalue weighted by atomic mass is 9.91. The first-order valence-corrected chi connectivity index (χ1v) is 11.1. The Labute approximate surface area is 186 Å². The molecule has 1 unspecified atom stereocenters. The first-order chi connectivity index (χ1) is 13.8. The smallest absolute Gasteiger partial charge is 0.318 e. The standard InChI is InChI=1S/C23H26NO3S.BrH/c25-23-21-19-12-7-14-24(19,16-17-8-3-1-4-9-17)27-22(21)20(13-15-26-23)28-18-10-5-2-6-11-18;/h1-6,8-11,19-22H,7,12-16H2;1H/q+1;/p-1/t19-,20+,21-,22-,24?;/m1./s1. The van der Waals surface area contributed by atoms with E-state index in [1.807, 2.05) is 23.9 Å². The molecule has 154 valence electrons. The van der Waals surface area contributed by atoms with Crippen LogP contribution in [0, 0.1) is 5.92 Å². The third-order valence-corrected chi connectivity index (χ3v) is 7.70. The number of rotatable bonds is 4. The van der Waals surface area contributed by atoms with E-state index in [2.05, 4.69) is 48.5 Å². The van der Waals surface area contributed by atoms with Crippen LogP contribution in [0.3, 0.4) is 0 Å². The summed E-state index contributed by atoms with van der Waals surface area (Å²) in [6.45, 7) is 2.29. The maximum Gasteiger partial charge on any atom is 0.318 e. The topological polar surface area (TPSA) is 35.5 Å². The predicted octanol–water partition coefficient (Wildman–Crippen LogP) is 1.21. The third kappa shape index (κ3) is 4.00. The van der Waals surface area contributed by atoms with Crippen LogP contribution in [0.1, 0.15) is 24.8 Å². The van der Waals surface area contributed by atoms with Crippen molar-refractivity contribution in [1.82, 2.24) is 0 Å². The molecule has 2 aromatic rings. The number of esters is 1. The number of fused-ring (bicyclic) bond motifs is 3. The average molecular weight is 476 g/mol. The van der Waals surface area contributed by atoms with Crippen LogP contribution in [0.2, 0.25) is 0 Å². The summed E-state index contributed by atoms with van der Waals surface area (Å²) in [5, 5.41) is 0.232. The highest BCUT2D eigenvalue weighted by Gasteiger charge is 2.64. The number of hydroxylamine groups is 3. The molecule has 3 aliphatic rings. The quantitative estimate of drug-likeness (QED) is 0.491. The van der Waals surface area contributed by atoms with Crippen LogP contribution in [0.4, 0.5) is 0 Å². The van der Waals surface area contributed by atoms with Gasteiger partial charge >= 0.3 is 5.97 Å². The third-order valence-electron chi connectivity index (χ3n) is 6.35. The zero-order chi connectivity index (χ0) is 19.0. The Balaban J connectivity index is 0.00000205. The van der Waals surface area contributed by atoms with E-state index in [1.54, 1.807) is 0 Å². The largest absolute Gasteiger partial charge is 1.00 e. The molecule has 0 radical (unpaired) electrons. The van der Waals surface area contributed by atoms with Gasteiger partial charge in [-0.25, -0.2) is 0 Å². The molecule has 0 aromatic heterocycles. The van der Waals surface area contributed by atoms with Gasteiger partial charge in [0, 0.05) is 28.6 Å². The Morgan fingerprint density at radius 3 is 2.48 bits per heavy atom. The van der Waals surface area contributed by atoms with Crippen LogP contribution < -0.4 is 17.0 Å². The Kier molecular flexibility index (Phi) is 6.35. The summed E-state index contributed by atoms with van der Waals surface area (Å²) in [7, 11) is 0. The molecule has 29 heavy (non-hydrogen) atoms. The van der Waals surface area contributed by atoms with Gasteiger partial charge in [-0.15, -0.1) is 11.8 Å². The number of halogens is 1. The van der Waals surface area contributed by atoms with Gasteiger partial charge in [0.05, 0.1) is 6.61 Å². The van der Waals surface area contributed by atoms with Crippen molar-refractivity contribution in [3.05, 3.63) is 66.2 Å².